The smallest absolute Gasteiger partial charge is 0.319 e. The number of amides is 3. The lowest BCUT2D eigenvalue weighted by Crippen LogP contribution is -2.56. The summed E-state index contributed by atoms with van der Waals surface area (Å²) in [7, 11) is 3.51. The van der Waals surface area contributed by atoms with Crippen LogP contribution in [0.5, 0.6) is 5.75 Å². The molecular weight excluding hydrogens is 382 g/mol. The number of rotatable bonds is 1. The van der Waals surface area contributed by atoms with Crippen molar-refractivity contribution in [3.63, 3.8) is 0 Å². The minimum Gasteiger partial charge on any atom is -0.485 e. The fourth-order valence-corrected chi connectivity index (χ4v) is 4.16. The van der Waals surface area contributed by atoms with Crippen molar-refractivity contribution in [1.82, 2.24) is 19.7 Å². The fraction of sp³-hybridized carbons (Fsp3) is 0.409. The largest absolute Gasteiger partial charge is 0.485 e. The van der Waals surface area contributed by atoms with E-state index < -0.39 is 5.60 Å². The number of anilines is 1. The molecule has 2 aliphatic heterocycles. The Morgan fingerprint density at radius 2 is 1.87 bits per heavy atom. The van der Waals surface area contributed by atoms with E-state index in [2.05, 4.69) is 4.98 Å². The van der Waals surface area contributed by atoms with Crippen LogP contribution in [0.25, 0.3) is 0 Å². The number of benzene rings is 1. The van der Waals surface area contributed by atoms with Crippen molar-refractivity contribution in [2.75, 3.05) is 39.5 Å². The third-order valence-corrected chi connectivity index (χ3v) is 5.78. The molecule has 8 heteroatoms. The van der Waals surface area contributed by atoms with Gasteiger partial charge in [0.2, 0.25) is 0 Å². The van der Waals surface area contributed by atoms with Gasteiger partial charge in [-0.25, -0.2) is 9.78 Å². The summed E-state index contributed by atoms with van der Waals surface area (Å²) in [6.45, 7) is 2.08. The van der Waals surface area contributed by atoms with Crippen LogP contribution < -0.4 is 10.5 Å². The summed E-state index contributed by atoms with van der Waals surface area (Å²) in [5, 5.41) is 0. The second kappa shape index (κ2) is 7.85. The van der Waals surface area contributed by atoms with Crippen LogP contribution in [0.2, 0.25) is 0 Å². The molecule has 4 rings (SSSR count). The SMILES string of the molecule is CN(C)C(=O)N1CCC2(CC1)CN(C(=O)c1ccnc(N)c1)Cc1ccccc1O2. The summed E-state index contributed by atoms with van der Waals surface area (Å²) in [5.41, 5.74) is 6.73. The van der Waals surface area contributed by atoms with E-state index in [1.807, 2.05) is 34.1 Å². The van der Waals surface area contributed by atoms with Gasteiger partial charge in [0.1, 0.15) is 17.2 Å². The molecule has 1 fully saturated rings. The van der Waals surface area contributed by atoms with E-state index in [1.54, 1.807) is 37.3 Å². The number of carbonyl (C=O) groups is 2. The van der Waals surface area contributed by atoms with Gasteiger partial charge in [0.05, 0.1) is 6.54 Å². The zero-order valence-electron chi connectivity index (χ0n) is 17.4. The Balaban J connectivity index is 1.62. The number of aromatic nitrogens is 1. The highest BCUT2D eigenvalue weighted by Crippen LogP contribution is 2.36. The van der Waals surface area contributed by atoms with Crippen molar-refractivity contribution in [3.8, 4) is 5.75 Å². The van der Waals surface area contributed by atoms with E-state index in [0.29, 0.717) is 50.4 Å². The van der Waals surface area contributed by atoms with E-state index >= 15 is 0 Å². The lowest BCUT2D eigenvalue weighted by Gasteiger charge is -2.43. The number of nitrogen functional groups attached to an aromatic ring is 1. The van der Waals surface area contributed by atoms with Gasteiger partial charge in [0.15, 0.2) is 0 Å². The summed E-state index contributed by atoms with van der Waals surface area (Å²) >= 11 is 0. The first-order valence-corrected chi connectivity index (χ1v) is 10.1. The van der Waals surface area contributed by atoms with Crippen LogP contribution in [-0.2, 0) is 6.54 Å². The van der Waals surface area contributed by atoms with E-state index in [1.165, 1.54) is 0 Å². The predicted octanol–water partition coefficient (Wildman–Crippen LogP) is 2.21. The maximum Gasteiger partial charge on any atom is 0.319 e. The topological polar surface area (TPSA) is 92.0 Å². The molecular formula is C22H27N5O3. The monoisotopic (exact) mass is 409 g/mol. The number of nitrogens with two attached hydrogens (primary N) is 1. The van der Waals surface area contributed by atoms with Crippen molar-refractivity contribution in [1.29, 1.82) is 0 Å². The van der Waals surface area contributed by atoms with Crippen molar-refractivity contribution >= 4 is 17.8 Å². The number of para-hydroxylation sites is 1. The number of nitrogens with zero attached hydrogens (tertiary/aromatic N) is 4. The molecule has 1 spiro atoms. The van der Waals surface area contributed by atoms with Crippen molar-refractivity contribution in [3.05, 3.63) is 53.7 Å². The van der Waals surface area contributed by atoms with Crippen LogP contribution in [0.3, 0.4) is 0 Å². The molecule has 1 aromatic carbocycles. The Bertz CT molecular complexity index is 953. The molecule has 0 aliphatic carbocycles. The first-order chi connectivity index (χ1) is 14.4. The lowest BCUT2D eigenvalue weighted by molar-refractivity contribution is -0.00938. The molecule has 1 aromatic heterocycles. The average Bonchev–Trinajstić information content (AvgIpc) is 2.89. The Labute approximate surface area is 176 Å². The van der Waals surface area contributed by atoms with Crippen LogP contribution in [0.4, 0.5) is 10.6 Å². The third kappa shape index (κ3) is 3.90. The normalized spacial score (nSPS) is 17.7. The molecule has 2 aromatic rings. The van der Waals surface area contributed by atoms with Gasteiger partial charge < -0.3 is 25.2 Å². The number of carbonyl (C=O) groups excluding carboxylic acids is 2. The Morgan fingerprint density at radius 3 is 2.57 bits per heavy atom. The molecule has 8 nitrogen and oxygen atoms in total. The molecule has 3 heterocycles. The molecule has 2 N–H and O–H groups in total. The highest BCUT2D eigenvalue weighted by atomic mass is 16.5. The quantitative estimate of drug-likeness (QED) is 0.780. The molecule has 0 bridgehead atoms. The standard InChI is InChI=1S/C22H27N5O3/c1-25(2)21(29)26-11-8-22(9-12-26)15-27(14-17-5-3-4-6-18(17)30-22)20(28)16-7-10-24-19(23)13-16/h3-7,10,13H,8-9,11-12,14-15H2,1-2H3,(H2,23,24). The van der Waals surface area contributed by atoms with Gasteiger partial charge in [-0.1, -0.05) is 18.2 Å². The maximum atomic E-state index is 13.3. The summed E-state index contributed by atoms with van der Waals surface area (Å²) < 4.78 is 6.53. The Kier molecular flexibility index (Phi) is 5.24. The first kappa shape index (κ1) is 20.0. The number of fused-ring (bicyclic) bond motifs is 1. The number of hydrogen-bond acceptors (Lipinski definition) is 5. The second-order valence-electron chi connectivity index (χ2n) is 8.19. The molecule has 1 saturated heterocycles. The fourth-order valence-electron chi connectivity index (χ4n) is 4.16. The molecule has 2 aliphatic rings. The number of pyridine rings is 1. The maximum absolute atomic E-state index is 13.3. The predicted molar refractivity (Wildman–Crippen MR) is 113 cm³/mol. The van der Waals surface area contributed by atoms with Gasteiger partial charge in [-0.3, -0.25) is 4.79 Å². The zero-order chi connectivity index (χ0) is 21.3. The molecule has 30 heavy (non-hydrogen) atoms. The summed E-state index contributed by atoms with van der Waals surface area (Å²) in [4.78, 5) is 34.9. The summed E-state index contributed by atoms with van der Waals surface area (Å²) in [6.07, 6.45) is 2.86. The van der Waals surface area contributed by atoms with Gasteiger partial charge in [0.25, 0.3) is 5.91 Å². The number of urea groups is 1. The van der Waals surface area contributed by atoms with E-state index in [9.17, 15) is 9.59 Å². The van der Waals surface area contributed by atoms with Crippen LogP contribution in [0.15, 0.2) is 42.6 Å². The summed E-state index contributed by atoms with van der Waals surface area (Å²) in [6, 6.07) is 11.1. The van der Waals surface area contributed by atoms with Gasteiger partial charge in [-0.15, -0.1) is 0 Å². The van der Waals surface area contributed by atoms with Gasteiger partial charge in [-0.05, 0) is 18.2 Å². The molecule has 0 saturated carbocycles. The molecule has 0 radical (unpaired) electrons. The minimum absolute atomic E-state index is 0.000865. The Morgan fingerprint density at radius 1 is 1.13 bits per heavy atom. The lowest BCUT2D eigenvalue weighted by atomic mass is 9.90. The van der Waals surface area contributed by atoms with Gasteiger partial charge in [-0.2, -0.15) is 0 Å². The highest BCUT2D eigenvalue weighted by Gasteiger charge is 2.43. The third-order valence-electron chi connectivity index (χ3n) is 5.78. The number of hydrogen-bond donors (Lipinski definition) is 1. The van der Waals surface area contributed by atoms with Gasteiger partial charge >= 0.3 is 6.03 Å². The van der Waals surface area contributed by atoms with E-state index in [4.69, 9.17) is 10.5 Å². The van der Waals surface area contributed by atoms with Crippen LogP contribution in [0, 0.1) is 0 Å². The average molecular weight is 409 g/mol. The zero-order valence-corrected chi connectivity index (χ0v) is 17.4. The minimum atomic E-state index is -0.538. The molecule has 158 valence electrons. The first-order valence-electron chi connectivity index (χ1n) is 10.1. The van der Waals surface area contributed by atoms with E-state index in [0.717, 1.165) is 11.3 Å². The number of ether oxygens (including phenoxy) is 1. The molecule has 0 unspecified atom stereocenters. The Hall–Kier alpha value is -3.29. The van der Waals surface area contributed by atoms with Crippen LogP contribution >= 0.6 is 0 Å². The van der Waals surface area contributed by atoms with Crippen LogP contribution in [-0.4, -0.2) is 71.0 Å². The van der Waals surface area contributed by atoms with Gasteiger partial charge in [0, 0.05) is 63.9 Å². The molecule has 3 amide bonds. The summed E-state index contributed by atoms with van der Waals surface area (Å²) in [5.74, 6) is 1.02. The number of likely N-dealkylation sites (tertiary alicyclic amines) is 1. The second-order valence-corrected chi connectivity index (χ2v) is 8.19. The van der Waals surface area contributed by atoms with Crippen molar-refractivity contribution < 1.29 is 14.3 Å². The van der Waals surface area contributed by atoms with Crippen molar-refractivity contribution in [2.45, 2.75) is 25.0 Å². The number of piperidine rings is 1. The van der Waals surface area contributed by atoms with E-state index in [-0.39, 0.29) is 11.9 Å². The van der Waals surface area contributed by atoms with Crippen LogP contribution in [0.1, 0.15) is 28.8 Å². The molecule has 0 atom stereocenters. The highest BCUT2D eigenvalue weighted by molar-refractivity contribution is 5.94. The van der Waals surface area contributed by atoms with Crippen molar-refractivity contribution in [2.24, 2.45) is 0 Å².